The Kier molecular flexibility index (Phi) is 3.46. The van der Waals surface area contributed by atoms with Gasteiger partial charge in [0.05, 0.1) is 6.20 Å². The molecule has 16 heavy (non-hydrogen) atoms. The Morgan fingerprint density at radius 3 is 2.38 bits per heavy atom. The molecule has 4 heteroatoms. The van der Waals surface area contributed by atoms with Crippen molar-refractivity contribution >= 4 is 28.8 Å². The van der Waals surface area contributed by atoms with Crippen LogP contribution in [-0.2, 0) is 0 Å². The zero-order chi connectivity index (χ0) is 11.2. The molecule has 1 aromatic carbocycles. The first-order valence-electron chi connectivity index (χ1n) is 4.94. The standard InChI is InChI=1S/C12H11N3S/c16-12(14-10-6-2-1-3-7-10)15-11-8-4-5-9-13-11/h1-9H,(H2,13,14,15,16)/p+1. The van der Waals surface area contributed by atoms with Crippen LogP contribution in [0.1, 0.15) is 0 Å². The summed E-state index contributed by atoms with van der Waals surface area (Å²) in [4.78, 5) is 3.05. The molecular weight excluding hydrogens is 218 g/mol. The average Bonchev–Trinajstić information content (AvgIpc) is 2.31. The second kappa shape index (κ2) is 5.23. The lowest BCUT2D eigenvalue weighted by Crippen LogP contribution is -2.23. The Bertz CT molecular complexity index is 413. The van der Waals surface area contributed by atoms with E-state index in [1.54, 1.807) is 0 Å². The summed E-state index contributed by atoms with van der Waals surface area (Å²) in [6.07, 6.45) is 1.84. The van der Waals surface area contributed by atoms with Crippen LogP contribution in [0.15, 0.2) is 54.7 Å². The van der Waals surface area contributed by atoms with Crippen molar-refractivity contribution in [1.29, 1.82) is 0 Å². The number of rotatable bonds is 2. The van der Waals surface area contributed by atoms with Gasteiger partial charge in [-0.2, -0.15) is 0 Å². The van der Waals surface area contributed by atoms with Crippen LogP contribution in [0.25, 0.3) is 0 Å². The van der Waals surface area contributed by atoms with E-state index in [0.717, 1.165) is 11.5 Å². The fourth-order valence-electron chi connectivity index (χ4n) is 1.28. The molecule has 1 heterocycles. The zero-order valence-electron chi connectivity index (χ0n) is 8.60. The number of nitrogens with one attached hydrogen (secondary N) is 3. The number of aromatic amines is 1. The minimum Gasteiger partial charge on any atom is -0.313 e. The molecule has 0 saturated heterocycles. The first kappa shape index (κ1) is 10.6. The summed E-state index contributed by atoms with van der Waals surface area (Å²) >= 11 is 5.18. The Balaban J connectivity index is 1.95. The highest BCUT2D eigenvalue weighted by Gasteiger charge is 2.04. The third kappa shape index (κ3) is 3.03. The molecule has 0 atom stereocenters. The van der Waals surface area contributed by atoms with Gasteiger partial charge in [-0.15, -0.1) is 0 Å². The second-order valence-corrected chi connectivity index (χ2v) is 3.63. The van der Waals surface area contributed by atoms with Gasteiger partial charge in [0.2, 0.25) is 0 Å². The number of H-pyrrole nitrogens is 1. The molecule has 0 aliphatic heterocycles. The van der Waals surface area contributed by atoms with E-state index in [2.05, 4.69) is 15.6 Å². The lowest BCUT2D eigenvalue weighted by atomic mass is 10.3. The molecule has 0 aliphatic rings. The molecule has 0 amide bonds. The van der Waals surface area contributed by atoms with Crippen molar-refractivity contribution in [3.05, 3.63) is 54.7 Å². The lowest BCUT2D eigenvalue weighted by Gasteiger charge is -2.03. The summed E-state index contributed by atoms with van der Waals surface area (Å²) in [5.74, 6) is 0.857. The number of hydrogen-bond acceptors (Lipinski definition) is 1. The number of para-hydroxylation sites is 1. The van der Waals surface area contributed by atoms with Gasteiger partial charge in [0.1, 0.15) is 0 Å². The van der Waals surface area contributed by atoms with E-state index in [1.807, 2.05) is 54.7 Å². The number of thiocarbonyl (C=S) groups is 1. The van der Waals surface area contributed by atoms with Crippen molar-refractivity contribution in [2.45, 2.75) is 0 Å². The van der Waals surface area contributed by atoms with E-state index >= 15 is 0 Å². The molecule has 0 spiro atoms. The minimum absolute atomic E-state index is 0.564. The SMILES string of the molecule is S=C(Nc1ccccc1)Nc1cccc[nH+]1. The molecule has 3 N–H and O–H groups in total. The van der Waals surface area contributed by atoms with Crippen LogP contribution in [0.2, 0.25) is 0 Å². The summed E-state index contributed by atoms with van der Waals surface area (Å²) in [6.45, 7) is 0. The largest absolute Gasteiger partial charge is 0.313 e. The first-order chi connectivity index (χ1) is 7.84. The van der Waals surface area contributed by atoms with Crippen LogP contribution < -0.4 is 15.6 Å². The highest BCUT2D eigenvalue weighted by molar-refractivity contribution is 7.80. The Hall–Kier alpha value is -1.94. The van der Waals surface area contributed by atoms with Crippen molar-refractivity contribution < 1.29 is 4.98 Å². The molecule has 0 unspecified atom stereocenters. The highest BCUT2D eigenvalue weighted by atomic mass is 32.1. The Morgan fingerprint density at radius 2 is 1.69 bits per heavy atom. The van der Waals surface area contributed by atoms with Crippen molar-refractivity contribution in [3.8, 4) is 0 Å². The molecule has 1 aromatic heterocycles. The van der Waals surface area contributed by atoms with Gasteiger partial charge >= 0.3 is 0 Å². The summed E-state index contributed by atoms with van der Waals surface area (Å²) in [5.41, 5.74) is 0.968. The van der Waals surface area contributed by atoms with E-state index in [9.17, 15) is 0 Å². The van der Waals surface area contributed by atoms with Crippen LogP contribution in [0.4, 0.5) is 11.5 Å². The quantitative estimate of drug-likeness (QED) is 0.778. The molecule has 2 rings (SSSR count). The maximum Gasteiger partial charge on any atom is 0.279 e. The summed E-state index contributed by atoms with van der Waals surface area (Å²) in [7, 11) is 0. The number of pyridine rings is 1. The fourth-order valence-corrected chi connectivity index (χ4v) is 1.51. The smallest absolute Gasteiger partial charge is 0.279 e. The van der Waals surface area contributed by atoms with E-state index < -0.39 is 0 Å². The van der Waals surface area contributed by atoms with Gasteiger partial charge in [-0.3, -0.25) is 0 Å². The monoisotopic (exact) mass is 230 g/mol. The first-order valence-corrected chi connectivity index (χ1v) is 5.35. The van der Waals surface area contributed by atoms with Crippen molar-refractivity contribution in [2.24, 2.45) is 0 Å². The van der Waals surface area contributed by atoms with Gasteiger partial charge in [0, 0.05) is 11.8 Å². The molecular formula is C12H12N3S+. The second-order valence-electron chi connectivity index (χ2n) is 3.22. The van der Waals surface area contributed by atoms with E-state index in [-0.39, 0.29) is 0 Å². The number of hydrogen-bond donors (Lipinski definition) is 2. The maximum atomic E-state index is 5.18. The van der Waals surface area contributed by atoms with E-state index in [4.69, 9.17) is 12.2 Å². The van der Waals surface area contributed by atoms with Gasteiger partial charge in [-0.05, 0) is 30.4 Å². The van der Waals surface area contributed by atoms with Crippen molar-refractivity contribution in [3.63, 3.8) is 0 Å². The third-order valence-corrected chi connectivity index (χ3v) is 2.19. The topological polar surface area (TPSA) is 38.2 Å². The highest BCUT2D eigenvalue weighted by Crippen LogP contribution is 2.05. The maximum absolute atomic E-state index is 5.18. The normalized spacial score (nSPS) is 9.50. The fraction of sp³-hybridized carbons (Fsp3) is 0. The van der Waals surface area contributed by atoms with Crippen LogP contribution >= 0.6 is 12.2 Å². The predicted octanol–water partition coefficient (Wildman–Crippen LogP) is 2.31. The third-order valence-electron chi connectivity index (χ3n) is 1.99. The number of aromatic nitrogens is 1. The molecule has 0 fully saturated rings. The Labute approximate surface area is 99.5 Å². The van der Waals surface area contributed by atoms with E-state index in [1.165, 1.54) is 0 Å². The molecule has 2 aromatic rings. The number of benzene rings is 1. The van der Waals surface area contributed by atoms with Gasteiger partial charge < -0.3 is 5.32 Å². The van der Waals surface area contributed by atoms with Crippen LogP contribution in [0, 0.1) is 0 Å². The predicted molar refractivity (Wildman–Crippen MR) is 69.3 cm³/mol. The molecule has 0 saturated carbocycles. The van der Waals surface area contributed by atoms with E-state index in [0.29, 0.717) is 5.11 Å². The number of anilines is 2. The molecule has 80 valence electrons. The lowest BCUT2D eigenvalue weighted by molar-refractivity contribution is -0.360. The minimum atomic E-state index is 0.564. The van der Waals surface area contributed by atoms with Crippen molar-refractivity contribution in [1.82, 2.24) is 0 Å². The summed E-state index contributed by atoms with van der Waals surface area (Å²) in [6, 6.07) is 15.6. The Morgan fingerprint density at radius 1 is 0.938 bits per heavy atom. The molecule has 3 nitrogen and oxygen atoms in total. The van der Waals surface area contributed by atoms with Gasteiger partial charge in [0.25, 0.3) is 10.9 Å². The van der Waals surface area contributed by atoms with Crippen molar-refractivity contribution in [2.75, 3.05) is 10.6 Å². The average molecular weight is 230 g/mol. The summed E-state index contributed by atoms with van der Waals surface area (Å²) < 4.78 is 0. The molecule has 0 bridgehead atoms. The van der Waals surface area contributed by atoms with Gasteiger partial charge in [0.15, 0.2) is 0 Å². The van der Waals surface area contributed by atoms with Crippen LogP contribution in [-0.4, -0.2) is 5.11 Å². The van der Waals surface area contributed by atoms with Gasteiger partial charge in [-0.1, -0.05) is 24.3 Å². The molecule has 0 aliphatic carbocycles. The molecule has 0 radical (unpaired) electrons. The zero-order valence-corrected chi connectivity index (χ0v) is 9.42. The van der Waals surface area contributed by atoms with Crippen LogP contribution in [0.5, 0.6) is 0 Å². The summed E-state index contributed by atoms with van der Waals surface area (Å²) in [5, 5.41) is 6.71. The van der Waals surface area contributed by atoms with Gasteiger partial charge in [-0.25, -0.2) is 10.3 Å². The van der Waals surface area contributed by atoms with Crippen LogP contribution in [0.3, 0.4) is 0 Å².